The van der Waals surface area contributed by atoms with Gasteiger partial charge in [0.1, 0.15) is 16.9 Å². The van der Waals surface area contributed by atoms with E-state index in [1.807, 2.05) is 0 Å². The highest BCUT2D eigenvalue weighted by Crippen LogP contribution is 2.33. The Labute approximate surface area is 236 Å². The van der Waals surface area contributed by atoms with Crippen LogP contribution in [0.2, 0.25) is 0 Å². The molecule has 1 atom stereocenters. The van der Waals surface area contributed by atoms with Crippen LogP contribution < -0.4 is 19.8 Å². The molecule has 224 valence electrons. The molecule has 0 bridgehead atoms. The summed E-state index contributed by atoms with van der Waals surface area (Å²) in [5.41, 5.74) is 1.44. The van der Waals surface area contributed by atoms with Crippen molar-refractivity contribution >= 4 is 38.9 Å². The number of nitrogens with zero attached hydrogens (tertiary/aromatic N) is 3. The van der Waals surface area contributed by atoms with Crippen molar-refractivity contribution in [3.8, 4) is 0 Å². The summed E-state index contributed by atoms with van der Waals surface area (Å²) in [7, 11) is -3.93. The topological polar surface area (TPSA) is 115 Å². The third-order valence-electron chi connectivity index (χ3n) is 7.28. The molecule has 0 spiro atoms. The first-order chi connectivity index (χ1) is 19.3. The monoisotopic (exact) mass is 599 g/mol. The van der Waals surface area contributed by atoms with Crippen LogP contribution in [0.3, 0.4) is 0 Å². The zero-order valence-electron chi connectivity index (χ0n) is 22.8. The number of hydrogen-bond donors (Lipinski definition) is 3. The molecule has 14 heteroatoms. The summed E-state index contributed by atoms with van der Waals surface area (Å²) >= 11 is 0. The molecule has 0 unspecified atom stereocenters. The molecule has 1 amide bonds. The van der Waals surface area contributed by atoms with Gasteiger partial charge in [0.2, 0.25) is 10.0 Å². The highest BCUT2D eigenvalue weighted by molar-refractivity contribution is 7.93. The van der Waals surface area contributed by atoms with Crippen LogP contribution in [0.1, 0.15) is 48.5 Å². The van der Waals surface area contributed by atoms with Gasteiger partial charge < -0.3 is 20.2 Å². The summed E-state index contributed by atoms with van der Waals surface area (Å²) < 4.78 is 81.0. The number of aliphatic hydroxyl groups excluding tert-OH is 1. The Hall–Kier alpha value is -3.39. The minimum absolute atomic E-state index is 0.0350. The van der Waals surface area contributed by atoms with Gasteiger partial charge in [0.25, 0.3) is 17.9 Å². The van der Waals surface area contributed by atoms with Crippen molar-refractivity contribution in [3.63, 3.8) is 0 Å². The Morgan fingerprint density at radius 2 is 1.73 bits per heavy atom. The lowest BCUT2D eigenvalue weighted by Crippen LogP contribution is -2.39. The van der Waals surface area contributed by atoms with E-state index >= 15 is 0 Å². The van der Waals surface area contributed by atoms with Crippen LogP contribution >= 0.6 is 0 Å². The first-order valence-corrected chi connectivity index (χ1v) is 14.8. The largest absolute Gasteiger partial charge is 0.395 e. The number of benzene rings is 1. The molecule has 3 heterocycles. The average molecular weight is 600 g/mol. The number of halogens is 4. The van der Waals surface area contributed by atoms with Gasteiger partial charge in [0.05, 0.1) is 23.5 Å². The summed E-state index contributed by atoms with van der Waals surface area (Å²) in [4.78, 5) is 21.4. The van der Waals surface area contributed by atoms with E-state index in [9.17, 15) is 35.9 Å². The molecule has 0 aliphatic carbocycles. The average Bonchev–Trinajstić information content (AvgIpc) is 2.92. The second-order valence-electron chi connectivity index (χ2n) is 10.4. The number of carbonyl (C=O) groups excluding carboxylic acids is 1. The van der Waals surface area contributed by atoms with Gasteiger partial charge >= 0.3 is 0 Å². The number of aliphatic hydroxyl groups is 1. The summed E-state index contributed by atoms with van der Waals surface area (Å²) in [6.45, 7) is 3.15. The first kappa shape index (κ1) is 30.6. The number of sulfonamides is 1. The van der Waals surface area contributed by atoms with Gasteiger partial charge in [0, 0.05) is 39.0 Å². The van der Waals surface area contributed by atoms with E-state index in [0.29, 0.717) is 11.5 Å². The van der Waals surface area contributed by atoms with Crippen LogP contribution in [0.15, 0.2) is 42.0 Å². The number of alkyl halides is 2. The smallest absolute Gasteiger partial charge is 0.269 e. The summed E-state index contributed by atoms with van der Waals surface area (Å²) in [6, 6.07) is 7.68. The number of amides is 1. The third-order valence-corrected chi connectivity index (χ3v) is 9.01. The number of hydrogen-bond acceptors (Lipinski definition) is 7. The van der Waals surface area contributed by atoms with Crippen molar-refractivity contribution < 1.29 is 35.9 Å². The van der Waals surface area contributed by atoms with Crippen molar-refractivity contribution in [3.05, 3.63) is 53.1 Å². The van der Waals surface area contributed by atoms with Crippen LogP contribution in [-0.4, -0.2) is 68.4 Å². The van der Waals surface area contributed by atoms with Gasteiger partial charge in [-0.25, -0.2) is 22.2 Å². The summed E-state index contributed by atoms with van der Waals surface area (Å²) in [5, 5.41) is 10.9. The molecule has 2 aliphatic rings. The van der Waals surface area contributed by atoms with E-state index in [0.717, 1.165) is 5.56 Å². The predicted molar refractivity (Wildman–Crippen MR) is 150 cm³/mol. The van der Waals surface area contributed by atoms with Gasteiger partial charge in [-0.15, -0.1) is 0 Å². The molecule has 2 aromatic rings. The number of rotatable bonds is 8. The molecular weight excluding hydrogens is 566 g/mol. The second-order valence-corrected chi connectivity index (χ2v) is 12.5. The van der Waals surface area contributed by atoms with Gasteiger partial charge in [-0.3, -0.25) is 9.52 Å². The quantitative estimate of drug-likeness (QED) is 0.375. The van der Waals surface area contributed by atoms with Crippen LogP contribution in [0.4, 0.5) is 40.6 Å². The molecular formula is C27H33F4N5O4S. The van der Waals surface area contributed by atoms with Gasteiger partial charge in [-0.2, -0.15) is 8.78 Å². The maximum atomic E-state index is 13.6. The lowest BCUT2D eigenvalue weighted by Gasteiger charge is -2.33. The predicted octanol–water partition coefficient (Wildman–Crippen LogP) is 4.75. The molecule has 3 N–H and O–H groups in total. The standard InChI is InChI=1S/C27H33F4N5O4S/c1-17-13-23(32-24(14-17)36-11-7-27(30,31)8-12-36)33-26(38)21-4-3-20(34-41(39,40)18(2)16-37)15-22(21)35-9-5-19(6-10-35)25(28)29/h3-4,13-15,18,34,37H,5-12,16H2,1-2H3,(H,32,33,38)/t18-/m0/s1. The molecule has 0 radical (unpaired) electrons. The number of anilines is 4. The molecule has 9 nitrogen and oxygen atoms in total. The second kappa shape index (κ2) is 12.2. The Morgan fingerprint density at radius 3 is 2.34 bits per heavy atom. The Morgan fingerprint density at radius 1 is 1.07 bits per heavy atom. The Balaban J connectivity index is 1.62. The van der Waals surface area contributed by atoms with Gasteiger partial charge in [0.15, 0.2) is 0 Å². The van der Waals surface area contributed by atoms with Crippen LogP contribution in [0, 0.1) is 6.92 Å². The number of aryl methyl sites for hydroxylation is 1. The lowest BCUT2D eigenvalue weighted by molar-refractivity contribution is -0.0221. The summed E-state index contributed by atoms with van der Waals surface area (Å²) in [5.74, 6) is -2.61. The molecule has 2 saturated heterocycles. The van der Waals surface area contributed by atoms with Crippen molar-refractivity contribution in [1.82, 2.24) is 4.98 Å². The van der Waals surface area contributed by atoms with E-state index in [1.165, 1.54) is 25.1 Å². The normalized spacial score (nSPS) is 18.2. The number of carbonyl (C=O) groups is 1. The maximum Gasteiger partial charge on any atom is 0.269 e. The fourth-order valence-electron chi connectivity index (χ4n) is 4.74. The van der Waals surface area contributed by atoms with E-state index in [1.54, 1.807) is 28.9 Å². The minimum atomic E-state index is -3.93. The number of nitrogens with one attached hydrogen (secondary N) is 2. The lowest BCUT2D eigenvalue weighted by atomic mass is 10.0. The van der Waals surface area contributed by atoms with Crippen molar-refractivity contribution in [2.24, 2.45) is 0 Å². The van der Waals surface area contributed by atoms with Gasteiger partial charge in [-0.1, -0.05) is 0 Å². The van der Waals surface area contributed by atoms with E-state index < -0.39 is 39.8 Å². The molecule has 41 heavy (non-hydrogen) atoms. The molecule has 1 aromatic carbocycles. The number of piperidine rings is 2. The molecule has 2 fully saturated rings. The zero-order chi connectivity index (χ0) is 29.9. The fraction of sp³-hybridized carbons (Fsp3) is 0.481. The first-order valence-electron chi connectivity index (χ1n) is 13.3. The van der Waals surface area contributed by atoms with Crippen molar-refractivity contribution in [2.75, 3.05) is 52.6 Å². The third kappa shape index (κ3) is 7.47. The van der Waals surface area contributed by atoms with Crippen molar-refractivity contribution in [2.45, 2.75) is 50.7 Å². The fourth-order valence-corrected chi connectivity index (χ4v) is 5.59. The maximum absolute atomic E-state index is 13.6. The Bertz CT molecular complexity index is 1410. The highest BCUT2D eigenvalue weighted by Gasteiger charge is 2.34. The number of pyridine rings is 1. The molecule has 2 aliphatic heterocycles. The van der Waals surface area contributed by atoms with E-state index in [4.69, 9.17) is 0 Å². The van der Waals surface area contributed by atoms with Crippen LogP contribution in [0.5, 0.6) is 0 Å². The van der Waals surface area contributed by atoms with Crippen LogP contribution in [0.25, 0.3) is 0 Å². The zero-order valence-corrected chi connectivity index (χ0v) is 23.6. The van der Waals surface area contributed by atoms with Crippen molar-refractivity contribution in [1.29, 1.82) is 0 Å². The van der Waals surface area contributed by atoms with E-state index in [2.05, 4.69) is 15.0 Å². The van der Waals surface area contributed by atoms with Gasteiger partial charge in [-0.05, 0) is 68.2 Å². The SMILES string of the molecule is Cc1cc(NC(=O)c2ccc(NS(=O)(=O)[C@@H](C)CO)cc2N2CCC(=C(F)F)CC2)nc(N2CCC(F)(F)CC2)c1. The molecule has 4 rings (SSSR count). The molecule has 1 aromatic heterocycles. The Kier molecular flexibility index (Phi) is 9.12. The summed E-state index contributed by atoms with van der Waals surface area (Å²) in [6.07, 6.45) is -2.14. The minimum Gasteiger partial charge on any atom is -0.395 e. The highest BCUT2D eigenvalue weighted by atomic mass is 32.2. The molecule has 0 saturated carbocycles. The van der Waals surface area contributed by atoms with E-state index in [-0.39, 0.29) is 74.5 Å². The van der Waals surface area contributed by atoms with Crippen LogP contribution in [-0.2, 0) is 10.0 Å². The number of aromatic nitrogens is 1.